The van der Waals surface area contributed by atoms with Gasteiger partial charge in [-0.15, -0.1) is 0 Å². The Balaban J connectivity index is 2.06. The van der Waals surface area contributed by atoms with E-state index >= 15 is 0 Å². The van der Waals surface area contributed by atoms with Gasteiger partial charge in [-0.05, 0) is 24.3 Å². The molecule has 2 atom stereocenters. The molecule has 1 aromatic rings. The van der Waals surface area contributed by atoms with Crippen molar-refractivity contribution in [2.24, 2.45) is 11.7 Å². The van der Waals surface area contributed by atoms with Gasteiger partial charge in [-0.1, -0.05) is 6.92 Å². The molecule has 0 saturated carbocycles. The van der Waals surface area contributed by atoms with E-state index in [1.807, 2.05) is 0 Å². The van der Waals surface area contributed by atoms with Gasteiger partial charge in [-0.3, -0.25) is 4.79 Å². The largest absolute Gasteiger partial charge is 0.379 e. The first-order valence-corrected chi connectivity index (χ1v) is 8.06. The molecule has 1 fully saturated rings. The molecule has 1 aliphatic rings. The predicted molar refractivity (Wildman–Crippen MR) is 75.1 cm³/mol. The van der Waals surface area contributed by atoms with Crippen molar-refractivity contribution in [1.29, 1.82) is 0 Å². The number of anilines is 1. The zero-order chi connectivity index (χ0) is 14.8. The summed E-state index contributed by atoms with van der Waals surface area (Å²) in [6.07, 6.45) is 0. The predicted octanol–water partition coefficient (Wildman–Crippen LogP) is 0.392. The highest BCUT2D eigenvalue weighted by atomic mass is 32.2. The molecule has 20 heavy (non-hydrogen) atoms. The molecule has 7 heteroatoms. The average molecular weight is 298 g/mol. The third-order valence-electron chi connectivity index (χ3n) is 3.32. The van der Waals surface area contributed by atoms with Crippen LogP contribution in [-0.4, -0.2) is 39.3 Å². The second-order valence-electron chi connectivity index (χ2n) is 4.72. The standard InChI is InChI=1S/C13H18N2O4S/c1-2-20(17,18)10-5-3-9(4-6-10)15-13(16)11-7-19-8-12(11)14/h3-6,11-12H,2,7-8,14H2,1H3,(H,15,16). The van der Waals surface area contributed by atoms with Crippen LogP contribution >= 0.6 is 0 Å². The summed E-state index contributed by atoms with van der Waals surface area (Å²) in [5.41, 5.74) is 6.31. The summed E-state index contributed by atoms with van der Waals surface area (Å²) in [5, 5.41) is 2.72. The van der Waals surface area contributed by atoms with Crippen molar-refractivity contribution in [2.75, 3.05) is 24.3 Å². The van der Waals surface area contributed by atoms with Crippen LogP contribution in [0.15, 0.2) is 29.2 Å². The van der Waals surface area contributed by atoms with Crippen molar-refractivity contribution < 1.29 is 17.9 Å². The molecule has 1 saturated heterocycles. The highest BCUT2D eigenvalue weighted by Gasteiger charge is 2.31. The molecule has 0 radical (unpaired) electrons. The average Bonchev–Trinajstić information content (AvgIpc) is 2.85. The number of ether oxygens (including phenoxy) is 1. The summed E-state index contributed by atoms with van der Waals surface area (Å²) < 4.78 is 28.5. The normalized spacial score (nSPS) is 22.7. The quantitative estimate of drug-likeness (QED) is 0.838. The lowest BCUT2D eigenvalue weighted by atomic mass is 10.0. The zero-order valence-electron chi connectivity index (χ0n) is 11.2. The van der Waals surface area contributed by atoms with Crippen LogP contribution in [0.2, 0.25) is 0 Å². The minimum absolute atomic E-state index is 0.0486. The monoisotopic (exact) mass is 298 g/mol. The number of benzene rings is 1. The van der Waals surface area contributed by atoms with Crippen LogP contribution in [0.5, 0.6) is 0 Å². The Labute approximate surface area is 118 Å². The summed E-state index contributed by atoms with van der Waals surface area (Å²) in [4.78, 5) is 12.2. The first-order chi connectivity index (χ1) is 9.44. The number of hydrogen-bond acceptors (Lipinski definition) is 5. The van der Waals surface area contributed by atoms with Gasteiger partial charge >= 0.3 is 0 Å². The number of carbonyl (C=O) groups excluding carboxylic acids is 1. The first-order valence-electron chi connectivity index (χ1n) is 6.41. The molecule has 3 N–H and O–H groups in total. The van der Waals surface area contributed by atoms with Crippen molar-refractivity contribution in [1.82, 2.24) is 0 Å². The highest BCUT2D eigenvalue weighted by Crippen LogP contribution is 2.18. The maximum absolute atomic E-state index is 12.0. The fourth-order valence-electron chi connectivity index (χ4n) is 1.99. The van der Waals surface area contributed by atoms with Crippen molar-refractivity contribution >= 4 is 21.4 Å². The van der Waals surface area contributed by atoms with Gasteiger partial charge in [-0.2, -0.15) is 0 Å². The van der Waals surface area contributed by atoms with Crippen LogP contribution in [0.25, 0.3) is 0 Å². The number of hydrogen-bond donors (Lipinski definition) is 2. The van der Waals surface area contributed by atoms with Crippen LogP contribution in [0.3, 0.4) is 0 Å². The molecule has 2 rings (SSSR count). The Kier molecular flexibility index (Phi) is 4.42. The molecule has 0 spiro atoms. The van der Waals surface area contributed by atoms with Crippen LogP contribution in [0.4, 0.5) is 5.69 Å². The van der Waals surface area contributed by atoms with Crippen LogP contribution in [0, 0.1) is 5.92 Å². The van der Waals surface area contributed by atoms with E-state index in [-0.39, 0.29) is 28.5 Å². The fraction of sp³-hybridized carbons (Fsp3) is 0.462. The van der Waals surface area contributed by atoms with E-state index in [4.69, 9.17) is 10.5 Å². The lowest BCUT2D eigenvalue weighted by Gasteiger charge is -2.13. The minimum atomic E-state index is -3.22. The molecular weight excluding hydrogens is 280 g/mol. The molecule has 0 aliphatic carbocycles. The van der Waals surface area contributed by atoms with Gasteiger partial charge in [-0.25, -0.2) is 8.42 Å². The van der Waals surface area contributed by atoms with Crippen molar-refractivity contribution in [3.05, 3.63) is 24.3 Å². The van der Waals surface area contributed by atoms with Crippen molar-refractivity contribution in [3.63, 3.8) is 0 Å². The molecule has 1 heterocycles. The SMILES string of the molecule is CCS(=O)(=O)c1ccc(NC(=O)C2COCC2N)cc1. The van der Waals surface area contributed by atoms with E-state index in [0.29, 0.717) is 18.9 Å². The van der Waals surface area contributed by atoms with Gasteiger partial charge in [0, 0.05) is 11.7 Å². The van der Waals surface area contributed by atoms with Crippen LogP contribution in [0.1, 0.15) is 6.92 Å². The fourth-order valence-corrected chi connectivity index (χ4v) is 2.87. The van der Waals surface area contributed by atoms with Gasteiger partial charge in [0.1, 0.15) is 0 Å². The van der Waals surface area contributed by atoms with E-state index in [1.54, 1.807) is 19.1 Å². The molecule has 6 nitrogen and oxygen atoms in total. The number of amides is 1. The molecule has 0 aromatic heterocycles. The first kappa shape index (κ1) is 15.0. The minimum Gasteiger partial charge on any atom is -0.379 e. The Hall–Kier alpha value is -1.44. The van der Waals surface area contributed by atoms with E-state index in [2.05, 4.69) is 5.32 Å². The van der Waals surface area contributed by atoms with Gasteiger partial charge in [0.05, 0.1) is 29.8 Å². The molecule has 1 amide bonds. The third kappa shape index (κ3) is 3.17. The van der Waals surface area contributed by atoms with Crippen molar-refractivity contribution in [3.8, 4) is 0 Å². The molecule has 2 unspecified atom stereocenters. The lowest BCUT2D eigenvalue weighted by Crippen LogP contribution is -2.37. The Morgan fingerprint density at radius 1 is 1.35 bits per heavy atom. The smallest absolute Gasteiger partial charge is 0.231 e. The Morgan fingerprint density at radius 2 is 2.00 bits per heavy atom. The molecular formula is C13H18N2O4S. The number of nitrogens with one attached hydrogen (secondary N) is 1. The summed E-state index contributed by atoms with van der Waals surface area (Å²) in [6, 6.07) is 5.82. The number of sulfone groups is 1. The van der Waals surface area contributed by atoms with E-state index < -0.39 is 9.84 Å². The number of carbonyl (C=O) groups is 1. The van der Waals surface area contributed by atoms with E-state index in [0.717, 1.165) is 0 Å². The summed E-state index contributed by atoms with van der Waals surface area (Å²) in [6.45, 7) is 2.29. The van der Waals surface area contributed by atoms with Gasteiger partial charge in [0.15, 0.2) is 9.84 Å². The van der Waals surface area contributed by atoms with Crippen molar-refractivity contribution in [2.45, 2.75) is 17.9 Å². The lowest BCUT2D eigenvalue weighted by molar-refractivity contribution is -0.120. The second kappa shape index (κ2) is 5.90. The Bertz CT molecular complexity index is 583. The molecule has 1 aromatic carbocycles. The molecule has 110 valence electrons. The highest BCUT2D eigenvalue weighted by molar-refractivity contribution is 7.91. The van der Waals surface area contributed by atoms with Gasteiger partial charge in [0.2, 0.25) is 5.91 Å². The van der Waals surface area contributed by atoms with Gasteiger partial charge in [0.25, 0.3) is 0 Å². The zero-order valence-corrected chi connectivity index (χ0v) is 12.0. The maximum atomic E-state index is 12.0. The van der Waals surface area contributed by atoms with E-state index in [1.165, 1.54) is 12.1 Å². The van der Waals surface area contributed by atoms with Crippen LogP contribution in [-0.2, 0) is 19.4 Å². The summed E-state index contributed by atoms with van der Waals surface area (Å²) in [7, 11) is -3.22. The maximum Gasteiger partial charge on any atom is 0.231 e. The summed E-state index contributed by atoms with van der Waals surface area (Å²) in [5.74, 6) is -0.525. The Morgan fingerprint density at radius 3 is 2.50 bits per heavy atom. The number of nitrogens with two attached hydrogens (primary N) is 1. The molecule has 0 bridgehead atoms. The van der Waals surface area contributed by atoms with E-state index in [9.17, 15) is 13.2 Å². The van der Waals surface area contributed by atoms with Crippen LogP contribution < -0.4 is 11.1 Å². The number of rotatable bonds is 4. The van der Waals surface area contributed by atoms with Gasteiger partial charge < -0.3 is 15.8 Å². The third-order valence-corrected chi connectivity index (χ3v) is 5.07. The molecule has 1 aliphatic heterocycles. The second-order valence-corrected chi connectivity index (χ2v) is 7.00. The summed E-state index contributed by atoms with van der Waals surface area (Å²) >= 11 is 0. The topological polar surface area (TPSA) is 98.5 Å².